The predicted octanol–water partition coefficient (Wildman–Crippen LogP) is 3.08. The van der Waals surface area contributed by atoms with Crippen molar-refractivity contribution in [3.63, 3.8) is 0 Å². The molecule has 1 heterocycles. The summed E-state index contributed by atoms with van der Waals surface area (Å²) in [5.41, 5.74) is 0. The van der Waals surface area contributed by atoms with Gasteiger partial charge in [0.05, 0.1) is 0 Å². The molecule has 0 aliphatic carbocycles. The number of nitrogens with one attached hydrogen (secondary N) is 1. The maximum Gasteiger partial charge on any atom is 0.135 e. The quantitative estimate of drug-likeness (QED) is 0.497. The van der Waals surface area contributed by atoms with Crippen molar-refractivity contribution in [2.24, 2.45) is 0 Å². The van der Waals surface area contributed by atoms with Crippen LogP contribution in [0.15, 0.2) is 6.07 Å². The summed E-state index contributed by atoms with van der Waals surface area (Å²) in [5, 5.41) is 3.65. The molecular formula is C12H16ClN3. The highest BCUT2D eigenvalue weighted by Crippen LogP contribution is 2.16. The van der Waals surface area contributed by atoms with Crippen molar-refractivity contribution in [2.45, 2.75) is 33.1 Å². The molecule has 86 valence electrons. The zero-order chi connectivity index (χ0) is 12.0. The van der Waals surface area contributed by atoms with Gasteiger partial charge in [-0.15, -0.1) is 11.8 Å². The van der Waals surface area contributed by atoms with Gasteiger partial charge in [0.25, 0.3) is 0 Å². The second kappa shape index (κ2) is 6.34. The summed E-state index contributed by atoms with van der Waals surface area (Å²) in [6.07, 6.45) is 0.801. The van der Waals surface area contributed by atoms with Crippen LogP contribution in [0.5, 0.6) is 0 Å². The predicted molar refractivity (Wildman–Crippen MR) is 67.7 cm³/mol. The van der Waals surface area contributed by atoms with Crippen molar-refractivity contribution in [2.75, 3.05) is 11.9 Å². The van der Waals surface area contributed by atoms with Crippen molar-refractivity contribution in [3.05, 3.63) is 17.0 Å². The lowest BCUT2D eigenvalue weighted by atomic mass is 10.2. The van der Waals surface area contributed by atoms with Gasteiger partial charge in [-0.3, -0.25) is 0 Å². The molecule has 1 N–H and O–H groups in total. The average molecular weight is 238 g/mol. The third-order valence-electron chi connectivity index (χ3n) is 1.96. The Labute approximate surface area is 102 Å². The number of aromatic nitrogens is 2. The van der Waals surface area contributed by atoms with Gasteiger partial charge < -0.3 is 5.32 Å². The van der Waals surface area contributed by atoms with E-state index in [-0.39, 0.29) is 5.92 Å². The van der Waals surface area contributed by atoms with Gasteiger partial charge >= 0.3 is 0 Å². The molecule has 0 unspecified atom stereocenters. The number of anilines is 1. The molecule has 0 aromatic carbocycles. The molecule has 0 bridgehead atoms. The fraction of sp³-hybridized carbons (Fsp3) is 0.500. The van der Waals surface area contributed by atoms with Gasteiger partial charge in [0, 0.05) is 24.9 Å². The largest absolute Gasteiger partial charge is 0.369 e. The number of hydrogen-bond acceptors (Lipinski definition) is 3. The van der Waals surface area contributed by atoms with Crippen LogP contribution in [0.2, 0.25) is 5.15 Å². The molecule has 1 aromatic rings. The number of nitrogens with zero attached hydrogens (tertiary/aromatic N) is 2. The first kappa shape index (κ1) is 12.8. The van der Waals surface area contributed by atoms with Gasteiger partial charge in [0.2, 0.25) is 0 Å². The second-order valence-electron chi connectivity index (χ2n) is 3.69. The van der Waals surface area contributed by atoms with Gasteiger partial charge in [-0.25, -0.2) is 9.97 Å². The zero-order valence-corrected chi connectivity index (χ0v) is 10.6. The van der Waals surface area contributed by atoms with E-state index in [0.717, 1.165) is 24.6 Å². The maximum atomic E-state index is 5.92. The molecule has 0 aliphatic heterocycles. The van der Waals surface area contributed by atoms with Crippen molar-refractivity contribution in [1.29, 1.82) is 0 Å². The van der Waals surface area contributed by atoms with Gasteiger partial charge in [0.1, 0.15) is 16.8 Å². The Morgan fingerprint density at radius 2 is 2.19 bits per heavy atom. The van der Waals surface area contributed by atoms with E-state index in [1.54, 1.807) is 6.07 Å². The summed E-state index contributed by atoms with van der Waals surface area (Å²) < 4.78 is 0. The Kier molecular flexibility index (Phi) is 5.07. The average Bonchev–Trinajstić information content (AvgIpc) is 2.23. The first-order valence-electron chi connectivity index (χ1n) is 5.31. The van der Waals surface area contributed by atoms with Crippen LogP contribution in [0.25, 0.3) is 0 Å². The Hall–Kier alpha value is -1.27. The van der Waals surface area contributed by atoms with Crippen LogP contribution >= 0.6 is 11.6 Å². The monoisotopic (exact) mass is 237 g/mol. The summed E-state index contributed by atoms with van der Waals surface area (Å²) in [6.45, 7) is 6.68. The third-order valence-corrected chi connectivity index (χ3v) is 2.16. The molecule has 0 amide bonds. The minimum atomic E-state index is 0.273. The van der Waals surface area contributed by atoms with E-state index in [0.29, 0.717) is 5.15 Å². The smallest absolute Gasteiger partial charge is 0.135 e. The van der Waals surface area contributed by atoms with Crippen LogP contribution in [-0.4, -0.2) is 16.5 Å². The minimum Gasteiger partial charge on any atom is -0.369 e. The lowest BCUT2D eigenvalue weighted by Gasteiger charge is -2.08. The highest BCUT2D eigenvalue weighted by molar-refractivity contribution is 6.29. The SMILES string of the molecule is CC#CCCNc1cc(Cl)nc(C(C)C)n1. The second-order valence-corrected chi connectivity index (χ2v) is 4.08. The molecule has 0 aliphatic rings. The van der Waals surface area contributed by atoms with Gasteiger partial charge in [0.15, 0.2) is 0 Å². The molecule has 1 rings (SSSR count). The van der Waals surface area contributed by atoms with Gasteiger partial charge in [-0.1, -0.05) is 25.4 Å². The molecule has 1 aromatic heterocycles. The first-order chi connectivity index (χ1) is 7.63. The van der Waals surface area contributed by atoms with Crippen molar-refractivity contribution in [1.82, 2.24) is 9.97 Å². The standard InChI is InChI=1S/C12H16ClN3/c1-4-5-6-7-14-11-8-10(13)15-12(16-11)9(2)3/h8-9H,6-7H2,1-3H3,(H,14,15,16). The summed E-state index contributed by atoms with van der Waals surface area (Å²) >= 11 is 5.92. The molecule has 16 heavy (non-hydrogen) atoms. The number of halogens is 1. The molecule has 3 nitrogen and oxygen atoms in total. The molecule has 0 radical (unpaired) electrons. The Balaban J connectivity index is 2.67. The maximum absolute atomic E-state index is 5.92. The molecule has 0 saturated heterocycles. The van der Waals surface area contributed by atoms with E-state index < -0.39 is 0 Å². The third kappa shape index (κ3) is 4.08. The lowest BCUT2D eigenvalue weighted by Crippen LogP contribution is -2.06. The highest BCUT2D eigenvalue weighted by Gasteiger charge is 2.06. The van der Waals surface area contributed by atoms with Crippen LogP contribution in [-0.2, 0) is 0 Å². The topological polar surface area (TPSA) is 37.8 Å². The van der Waals surface area contributed by atoms with Gasteiger partial charge in [-0.2, -0.15) is 0 Å². The summed E-state index contributed by atoms with van der Waals surface area (Å²) in [5.74, 6) is 7.63. The fourth-order valence-electron chi connectivity index (χ4n) is 1.16. The normalized spacial score (nSPS) is 9.81. The molecule has 0 saturated carbocycles. The van der Waals surface area contributed by atoms with E-state index in [1.807, 2.05) is 20.8 Å². The molecule has 4 heteroatoms. The molecule has 0 atom stereocenters. The zero-order valence-electron chi connectivity index (χ0n) is 9.84. The van der Waals surface area contributed by atoms with E-state index >= 15 is 0 Å². The van der Waals surface area contributed by atoms with Crippen LogP contribution in [0.1, 0.15) is 38.9 Å². The molecule has 0 spiro atoms. The molecular weight excluding hydrogens is 222 g/mol. The summed E-state index contributed by atoms with van der Waals surface area (Å²) in [7, 11) is 0. The van der Waals surface area contributed by atoms with Crippen LogP contribution in [0, 0.1) is 11.8 Å². The Morgan fingerprint density at radius 3 is 2.81 bits per heavy atom. The van der Waals surface area contributed by atoms with Crippen molar-refractivity contribution >= 4 is 17.4 Å². The molecule has 0 fully saturated rings. The Morgan fingerprint density at radius 1 is 1.44 bits per heavy atom. The summed E-state index contributed by atoms with van der Waals surface area (Å²) in [6, 6.07) is 1.73. The van der Waals surface area contributed by atoms with Gasteiger partial charge in [-0.05, 0) is 6.92 Å². The van der Waals surface area contributed by atoms with Crippen molar-refractivity contribution < 1.29 is 0 Å². The highest BCUT2D eigenvalue weighted by atomic mass is 35.5. The summed E-state index contributed by atoms with van der Waals surface area (Å²) in [4.78, 5) is 8.54. The number of rotatable bonds is 4. The lowest BCUT2D eigenvalue weighted by molar-refractivity contribution is 0.774. The minimum absolute atomic E-state index is 0.273. The fourth-order valence-corrected chi connectivity index (χ4v) is 1.35. The van der Waals surface area contributed by atoms with E-state index in [2.05, 4.69) is 27.1 Å². The van der Waals surface area contributed by atoms with E-state index in [4.69, 9.17) is 11.6 Å². The van der Waals surface area contributed by atoms with Crippen LogP contribution < -0.4 is 5.32 Å². The van der Waals surface area contributed by atoms with Crippen LogP contribution in [0.3, 0.4) is 0 Å². The Bertz CT molecular complexity index is 404. The van der Waals surface area contributed by atoms with Crippen molar-refractivity contribution in [3.8, 4) is 11.8 Å². The van der Waals surface area contributed by atoms with E-state index in [9.17, 15) is 0 Å². The first-order valence-corrected chi connectivity index (χ1v) is 5.69. The van der Waals surface area contributed by atoms with E-state index in [1.165, 1.54) is 0 Å². The van der Waals surface area contributed by atoms with Crippen LogP contribution in [0.4, 0.5) is 5.82 Å². The number of hydrogen-bond donors (Lipinski definition) is 1.